The molecule has 0 aromatic carbocycles. The van der Waals surface area contributed by atoms with Crippen molar-refractivity contribution in [1.29, 1.82) is 0 Å². The average Bonchev–Trinajstić information content (AvgIpc) is 2.57. The van der Waals surface area contributed by atoms with Gasteiger partial charge in [-0.1, -0.05) is 0 Å². The van der Waals surface area contributed by atoms with Crippen molar-refractivity contribution in [2.75, 3.05) is 14.1 Å². The van der Waals surface area contributed by atoms with Crippen molar-refractivity contribution in [3.63, 3.8) is 0 Å². The fourth-order valence-corrected chi connectivity index (χ4v) is 2.16. The zero-order valence-electron chi connectivity index (χ0n) is 9.71. The van der Waals surface area contributed by atoms with E-state index in [-0.39, 0.29) is 12.4 Å². The summed E-state index contributed by atoms with van der Waals surface area (Å²) in [6.45, 7) is 1.50. The summed E-state index contributed by atoms with van der Waals surface area (Å²) >= 11 is 0. The molecule has 0 spiro atoms. The van der Waals surface area contributed by atoms with E-state index in [9.17, 15) is 13.2 Å². The summed E-state index contributed by atoms with van der Waals surface area (Å²) in [5.41, 5.74) is 0.343. The number of amides is 1. The highest BCUT2D eigenvalue weighted by atomic mass is 32.2. The predicted octanol–water partition coefficient (Wildman–Crippen LogP) is -0.386. The topological polar surface area (TPSA) is 105 Å². The Bertz CT molecular complexity index is 520. The molecule has 1 rings (SSSR count). The smallest absolute Gasteiger partial charge is 0.404 e. The number of carbonyl (C=O) groups is 1. The first-order valence-corrected chi connectivity index (χ1v) is 6.09. The second-order valence-electron chi connectivity index (χ2n) is 3.52. The molecule has 0 aliphatic rings. The van der Waals surface area contributed by atoms with E-state index in [4.69, 9.17) is 5.11 Å². The molecule has 1 aromatic heterocycles. The Morgan fingerprint density at radius 1 is 1.59 bits per heavy atom. The van der Waals surface area contributed by atoms with Gasteiger partial charge in [0.25, 0.3) is 0 Å². The molecule has 0 radical (unpaired) electrons. The lowest BCUT2D eigenvalue weighted by atomic mass is 10.5. The van der Waals surface area contributed by atoms with Crippen LogP contribution in [0.3, 0.4) is 0 Å². The van der Waals surface area contributed by atoms with Gasteiger partial charge in [0.1, 0.15) is 5.82 Å². The number of aryl methyl sites for hydroxylation is 1. The molecule has 96 valence electrons. The molecule has 0 bridgehead atoms. The Labute approximate surface area is 99.1 Å². The highest BCUT2D eigenvalue weighted by Crippen LogP contribution is 2.08. The van der Waals surface area contributed by atoms with Gasteiger partial charge < -0.3 is 10.4 Å². The summed E-state index contributed by atoms with van der Waals surface area (Å²) in [7, 11) is -0.800. The normalized spacial score (nSPS) is 11.8. The largest absolute Gasteiger partial charge is 0.465 e. The SMILES string of the molecule is Cc1nc(CNC(=O)O)cn1S(=O)(=O)N(C)C. The monoisotopic (exact) mass is 262 g/mol. The number of hydrogen-bond acceptors (Lipinski definition) is 4. The third kappa shape index (κ3) is 2.94. The maximum Gasteiger partial charge on any atom is 0.404 e. The summed E-state index contributed by atoms with van der Waals surface area (Å²) in [6.07, 6.45) is 0.105. The fraction of sp³-hybridized carbons (Fsp3) is 0.500. The molecule has 0 unspecified atom stereocenters. The highest BCUT2D eigenvalue weighted by molar-refractivity contribution is 7.87. The predicted molar refractivity (Wildman–Crippen MR) is 59.8 cm³/mol. The first-order valence-electron chi connectivity index (χ1n) is 4.70. The van der Waals surface area contributed by atoms with Crippen molar-refractivity contribution < 1.29 is 18.3 Å². The summed E-state index contributed by atoms with van der Waals surface area (Å²) in [6, 6.07) is 0. The van der Waals surface area contributed by atoms with Crippen molar-refractivity contribution in [1.82, 2.24) is 18.6 Å². The number of imidazole rings is 1. The Kier molecular flexibility index (Phi) is 3.73. The van der Waals surface area contributed by atoms with E-state index in [1.807, 2.05) is 0 Å². The van der Waals surface area contributed by atoms with Crippen LogP contribution >= 0.6 is 0 Å². The molecule has 8 nitrogen and oxygen atoms in total. The van der Waals surface area contributed by atoms with Crippen LogP contribution in [0.5, 0.6) is 0 Å². The van der Waals surface area contributed by atoms with E-state index < -0.39 is 16.3 Å². The molecular formula is C8H14N4O4S. The molecular weight excluding hydrogens is 248 g/mol. The maximum absolute atomic E-state index is 11.8. The number of hydrogen-bond donors (Lipinski definition) is 2. The van der Waals surface area contributed by atoms with E-state index in [0.717, 1.165) is 8.28 Å². The van der Waals surface area contributed by atoms with Crippen molar-refractivity contribution in [3.8, 4) is 0 Å². The minimum absolute atomic E-state index is 0.0356. The lowest BCUT2D eigenvalue weighted by molar-refractivity contribution is 0.194. The molecule has 0 atom stereocenters. The Morgan fingerprint density at radius 2 is 2.18 bits per heavy atom. The van der Waals surface area contributed by atoms with Gasteiger partial charge in [0.2, 0.25) is 0 Å². The molecule has 1 heterocycles. The van der Waals surface area contributed by atoms with Crippen molar-refractivity contribution in [2.45, 2.75) is 13.5 Å². The third-order valence-electron chi connectivity index (χ3n) is 2.02. The molecule has 17 heavy (non-hydrogen) atoms. The van der Waals surface area contributed by atoms with Crippen molar-refractivity contribution in [2.24, 2.45) is 0 Å². The van der Waals surface area contributed by atoms with Crippen LogP contribution in [0.2, 0.25) is 0 Å². The van der Waals surface area contributed by atoms with E-state index in [1.54, 1.807) is 0 Å². The third-order valence-corrected chi connectivity index (χ3v) is 3.81. The molecule has 2 N–H and O–H groups in total. The van der Waals surface area contributed by atoms with Crippen molar-refractivity contribution >= 4 is 16.3 Å². The summed E-state index contributed by atoms with van der Waals surface area (Å²) < 4.78 is 25.7. The quantitative estimate of drug-likeness (QED) is 0.769. The number of rotatable bonds is 4. The van der Waals surface area contributed by atoms with Crippen LogP contribution in [-0.4, -0.2) is 47.0 Å². The van der Waals surface area contributed by atoms with Gasteiger partial charge in [0, 0.05) is 20.3 Å². The van der Waals surface area contributed by atoms with Crippen LogP contribution in [0, 0.1) is 6.92 Å². The van der Waals surface area contributed by atoms with Gasteiger partial charge in [-0.25, -0.2) is 13.8 Å². The summed E-state index contributed by atoms with van der Waals surface area (Å²) in [5.74, 6) is 0.279. The van der Waals surface area contributed by atoms with E-state index >= 15 is 0 Å². The van der Waals surface area contributed by atoms with Gasteiger partial charge in [-0.05, 0) is 6.92 Å². The second kappa shape index (κ2) is 4.72. The van der Waals surface area contributed by atoms with Crippen LogP contribution in [0.4, 0.5) is 4.79 Å². The molecule has 0 saturated heterocycles. The lowest BCUT2D eigenvalue weighted by Crippen LogP contribution is -2.29. The van der Waals surface area contributed by atoms with Gasteiger partial charge in [0.15, 0.2) is 0 Å². The van der Waals surface area contributed by atoms with Crippen LogP contribution in [-0.2, 0) is 16.8 Å². The Balaban J connectivity index is 3.01. The van der Waals surface area contributed by atoms with E-state index in [1.165, 1.54) is 27.2 Å². The van der Waals surface area contributed by atoms with Gasteiger partial charge in [-0.2, -0.15) is 12.7 Å². The van der Waals surface area contributed by atoms with Gasteiger partial charge >= 0.3 is 16.3 Å². The van der Waals surface area contributed by atoms with Gasteiger partial charge in [-0.3, -0.25) is 0 Å². The summed E-state index contributed by atoms with van der Waals surface area (Å²) in [5, 5.41) is 10.5. The molecule has 0 saturated carbocycles. The molecule has 0 fully saturated rings. The lowest BCUT2D eigenvalue weighted by Gasteiger charge is -2.12. The first kappa shape index (κ1) is 13.5. The van der Waals surface area contributed by atoms with Crippen LogP contribution in [0.1, 0.15) is 11.5 Å². The zero-order valence-corrected chi connectivity index (χ0v) is 10.5. The average molecular weight is 262 g/mol. The van der Waals surface area contributed by atoms with Crippen LogP contribution in [0.25, 0.3) is 0 Å². The molecule has 1 aromatic rings. The summed E-state index contributed by atoms with van der Waals surface area (Å²) in [4.78, 5) is 14.3. The Morgan fingerprint density at radius 3 is 2.65 bits per heavy atom. The fourth-order valence-electron chi connectivity index (χ4n) is 1.18. The minimum atomic E-state index is -3.61. The van der Waals surface area contributed by atoms with Crippen LogP contribution < -0.4 is 5.32 Å². The first-order chi connectivity index (χ1) is 7.75. The van der Waals surface area contributed by atoms with Crippen LogP contribution in [0.15, 0.2) is 6.20 Å². The maximum atomic E-state index is 11.8. The molecule has 0 aliphatic heterocycles. The molecule has 0 aliphatic carbocycles. The number of carboxylic acid groups (broad SMARTS) is 1. The van der Waals surface area contributed by atoms with Gasteiger partial charge in [-0.15, -0.1) is 0 Å². The number of nitrogens with one attached hydrogen (secondary N) is 1. The standard InChI is InChI=1S/C8H14N4O4S/c1-6-10-7(4-9-8(13)14)5-12(6)17(15,16)11(2)3/h5,9H,4H2,1-3H3,(H,13,14). The number of nitrogens with zero attached hydrogens (tertiary/aromatic N) is 3. The van der Waals surface area contributed by atoms with Gasteiger partial charge in [0.05, 0.1) is 12.2 Å². The van der Waals surface area contributed by atoms with Crippen molar-refractivity contribution in [3.05, 3.63) is 17.7 Å². The minimum Gasteiger partial charge on any atom is -0.465 e. The molecule has 1 amide bonds. The zero-order chi connectivity index (χ0) is 13.2. The highest BCUT2D eigenvalue weighted by Gasteiger charge is 2.19. The molecule has 9 heteroatoms. The van der Waals surface area contributed by atoms with E-state index in [0.29, 0.717) is 5.69 Å². The van der Waals surface area contributed by atoms with E-state index in [2.05, 4.69) is 10.3 Å². The number of aromatic nitrogens is 2. The Hall–Kier alpha value is -1.61. The second-order valence-corrected chi connectivity index (χ2v) is 5.54.